The standard InChI is InChI=1S/C63H40N6Si/c1-2-21-42(22-3-1)70(58-38-17-16-37-57(58)68-53-33-12-8-28-48(53)49-30-19-39-59(70)60(49)68)43-23-18-20-41(40-43)61-64-62(66-63(65-61)69-54-34-13-6-26-46(54)47-27-7-14-35-55(47)69)50-29-9-15-36-56(50)67-51-31-10-4-24-44(51)45-25-5-11-32-52(45)67/h1-40H/i1D,2D,3D,4D,5D,6D,7D,8D,10D,11D,12D,13D,14D,16D,17D,18D,19D,20D,21D,22D,23D,24D,25D,26D,27D,28D,30D,31D,32D,33D,34D,35D,37D,38D,39D,40D. The van der Waals surface area contributed by atoms with E-state index in [0.29, 0.717) is 0 Å². The Kier molecular flexibility index (Phi) is 3.78. The van der Waals surface area contributed by atoms with E-state index in [4.69, 9.17) is 30.0 Å². The first kappa shape index (κ1) is 17.7. The summed E-state index contributed by atoms with van der Waals surface area (Å²) in [6.45, 7) is 0. The Balaban J connectivity index is 1.21. The van der Waals surface area contributed by atoms with Gasteiger partial charge in [-0.15, -0.1) is 0 Å². The van der Waals surface area contributed by atoms with Gasteiger partial charge in [0.05, 0.1) is 88.1 Å². The molecule has 0 radical (unpaired) electrons. The van der Waals surface area contributed by atoms with Crippen molar-refractivity contribution in [3.8, 4) is 40.1 Å². The van der Waals surface area contributed by atoms with Gasteiger partial charge in [0.25, 0.3) is 0 Å². The Morgan fingerprint density at radius 2 is 0.843 bits per heavy atom. The maximum absolute atomic E-state index is 11.0. The fraction of sp³-hybridized carbons (Fsp3) is 0. The van der Waals surface area contributed by atoms with Crippen LogP contribution in [0.5, 0.6) is 0 Å². The second kappa shape index (κ2) is 14.9. The van der Waals surface area contributed by atoms with Gasteiger partial charge in [-0.25, -0.2) is 4.98 Å². The highest BCUT2D eigenvalue weighted by Crippen LogP contribution is 2.39. The maximum atomic E-state index is 11.0. The van der Waals surface area contributed by atoms with Crippen LogP contribution >= 0.6 is 0 Å². The highest BCUT2D eigenvalue weighted by molar-refractivity contribution is 7.21. The molecule has 15 rings (SSSR count). The Hall–Kier alpha value is -9.17. The van der Waals surface area contributed by atoms with Crippen LogP contribution in [0.2, 0.25) is 0 Å². The summed E-state index contributed by atoms with van der Waals surface area (Å²) in [5, 5.41) is -7.19. The fourth-order valence-electron chi connectivity index (χ4n) is 9.48. The molecule has 0 bridgehead atoms. The van der Waals surface area contributed by atoms with Crippen LogP contribution in [0.4, 0.5) is 0 Å². The van der Waals surface area contributed by atoms with Crippen molar-refractivity contribution in [2.75, 3.05) is 0 Å². The van der Waals surface area contributed by atoms with E-state index in [1.807, 2.05) is 0 Å². The topological polar surface area (TPSA) is 53.5 Å². The number of aromatic nitrogens is 6. The lowest BCUT2D eigenvalue weighted by Gasteiger charge is -2.39. The van der Waals surface area contributed by atoms with Crippen molar-refractivity contribution in [3.63, 3.8) is 0 Å². The molecule has 1 atom stereocenters. The SMILES string of the molecule is [2H]c1c([2H])c([2H])c([Si]2(c3c([2H])c([2H])c([2H])c(-c4nc(-c5ccccc5-n5c6c([2H])c([2H])c([2H])c([2H])c6c6c([2H])c([2H])c([2H])c([2H])c65)nc(-n5c6c([2H])c([2H])c([2H])c([2H])c6c6c([2H])c([2H])c([2H])c([2H])c65)n4)c3[2H])c3c([2H])c([2H])c([2H])c([2H])c3-n3c4c([2H])c([2H])c([2H])c([2H])c4c4c([2H])c([2H])c([2H])c2c43)c([2H])c1[2H]. The smallest absolute Gasteiger partial charge is 0.238 e. The largest absolute Gasteiger partial charge is 0.309 e. The summed E-state index contributed by atoms with van der Waals surface area (Å²) >= 11 is 0. The van der Waals surface area contributed by atoms with Crippen molar-refractivity contribution in [2.24, 2.45) is 0 Å². The van der Waals surface area contributed by atoms with Crippen LogP contribution in [0.15, 0.2) is 242 Å². The minimum absolute atomic E-state index is 0.319. The van der Waals surface area contributed by atoms with Crippen molar-refractivity contribution in [3.05, 3.63) is 242 Å². The van der Waals surface area contributed by atoms with Gasteiger partial charge in [-0.05, 0) is 69.1 Å². The summed E-state index contributed by atoms with van der Waals surface area (Å²) in [6, 6.07) is -31.3. The number of hydrogen-bond acceptors (Lipinski definition) is 3. The van der Waals surface area contributed by atoms with E-state index < -0.39 is 341 Å². The molecule has 326 valence electrons. The Bertz CT molecular complexity index is 6440. The average molecular weight is 945 g/mol. The summed E-state index contributed by atoms with van der Waals surface area (Å²) in [5.74, 6) is -2.81. The molecule has 0 fully saturated rings. The summed E-state index contributed by atoms with van der Waals surface area (Å²) in [4.78, 5) is 14.4. The lowest BCUT2D eigenvalue weighted by atomic mass is 10.1. The molecule has 7 heteroatoms. The van der Waals surface area contributed by atoms with Crippen LogP contribution in [-0.4, -0.2) is 36.7 Å². The molecule has 14 aromatic rings. The minimum Gasteiger partial charge on any atom is -0.309 e. The fourth-order valence-corrected chi connectivity index (χ4v) is 13.7. The quantitative estimate of drug-likeness (QED) is 0.156. The Labute approximate surface area is 454 Å². The van der Waals surface area contributed by atoms with Crippen molar-refractivity contribution in [1.82, 2.24) is 28.7 Å². The number of benzene rings is 10. The lowest BCUT2D eigenvalue weighted by Crippen LogP contribution is -2.76. The zero-order valence-corrected chi connectivity index (χ0v) is 36.0. The van der Waals surface area contributed by atoms with Crippen molar-refractivity contribution >= 4 is 94.2 Å². The van der Waals surface area contributed by atoms with E-state index in [1.54, 1.807) is 0 Å². The van der Waals surface area contributed by atoms with Gasteiger partial charge in [0.2, 0.25) is 5.95 Å². The number of rotatable bonds is 6. The van der Waals surface area contributed by atoms with E-state index in [0.717, 1.165) is 13.7 Å². The second-order valence-corrected chi connectivity index (χ2v) is 19.1. The highest BCUT2D eigenvalue weighted by Gasteiger charge is 2.47. The average Bonchev–Trinajstić information content (AvgIpc) is 1.19. The zero-order valence-electron chi connectivity index (χ0n) is 71.0. The number of hydrogen-bond donors (Lipinski definition) is 0. The monoisotopic (exact) mass is 945 g/mol. The molecule has 70 heavy (non-hydrogen) atoms. The number of fused-ring (bicyclic) bond motifs is 11. The summed E-state index contributed by atoms with van der Waals surface area (Å²) in [7, 11) is -6.43. The van der Waals surface area contributed by atoms with Gasteiger partial charge in [-0.1, -0.05) is 193 Å². The summed E-state index contributed by atoms with van der Waals surface area (Å²) in [5.41, 5.74) is -6.26. The normalized spacial score (nSPS) is 21.5. The molecule has 0 aliphatic carbocycles. The predicted octanol–water partition coefficient (Wildman–Crippen LogP) is 12.2. The van der Waals surface area contributed by atoms with Crippen LogP contribution in [0.25, 0.3) is 106 Å². The molecule has 4 aromatic heterocycles. The third-order valence-corrected chi connectivity index (χ3v) is 16.5. The third-order valence-electron chi connectivity index (χ3n) is 12.2. The summed E-state index contributed by atoms with van der Waals surface area (Å²) in [6.07, 6.45) is 0. The van der Waals surface area contributed by atoms with Gasteiger partial charge in [0, 0.05) is 49.1 Å². The van der Waals surface area contributed by atoms with E-state index >= 15 is 0 Å². The number of nitrogens with zero attached hydrogens (tertiary/aromatic N) is 6. The molecule has 1 aliphatic heterocycles. The minimum atomic E-state index is -6.43. The summed E-state index contributed by atoms with van der Waals surface area (Å²) < 4.78 is 342. The Morgan fingerprint density at radius 3 is 1.51 bits per heavy atom. The molecule has 1 unspecified atom stereocenters. The molecule has 6 nitrogen and oxygen atoms in total. The molecule has 5 heterocycles. The Morgan fingerprint density at radius 1 is 0.357 bits per heavy atom. The van der Waals surface area contributed by atoms with E-state index in [1.165, 1.54) is 24.3 Å². The van der Waals surface area contributed by atoms with Gasteiger partial charge in [0.15, 0.2) is 19.7 Å². The first-order valence-corrected chi connectivity index (χ1v) is 22.9. The first-order valence-electron chi connectivity index (χ1n) is 38.9. The van der Waals surface area contributed by atoms with E-state index in [2.05, 4.69) is 0 Å². The molecular weight excluding hydrogens is 869 g/mol. The van der Waals surface area contributed by atoms with E-state index in [9.17, 15) is 34.3 Å². The van der Waals surface area contributed by atoms with Crippen molar-refractivity contribution in [2.45, 2.75) is 0 Å². The van der Waals surface area contributed by atoms with Gasteiger partial charge >= 0.3 is 0 Å². The van der Waals surface area contributed by atoms with Crippen LogP contribution < -0.4 is 20.7 Å². The molecular formula is C63H40N6Si. The molecule has 1 aliphatic rings. The lowest BCUT2D eigenvalue weighted by molar-refractivity contribution is 0.952. The van der Waals surface area contributed by atoms with Crippen LogP contribution in [-0.2, 0) is 0 Å². The van der Waals surface area contributed by atoms with Gasteiger partial charge in [0.1, 0.15) is 0 Å². The van der Waals surface area contributed by atoms with Crippen LogP contribution in [0.1, 0.15) is 49.3 Å². The molecule has 0 saturated carbocycles. The van der Waals surface area contributed by atoms with Gasteiger partial charge in [-0.2, -0.15) is 9.97 Å². The van der Waals surface area contributed by atoms with Crippen LogP contribution in [0, 0.1) is 0 Å². The van der Waals surface area contributed by atoms with Crippen LogP contribution in [0.3, 0.4) is 0 Å². The van der Waals surface area contributed by atoms with Gasteiger partial charge < -0.3 is 9.13 Å². The third kappa shape index (κ3) is 5.35. The first-order chi connectivity index (χ1) is 49.7. The molecule has 10 aromatic carbocycles. The molecule has 0 spiro atoms. The second-order valence-electron chi connectivity index (χ2n) is 15.6. The van der Waals surface area contributed by atoms with Crippen molar-refractivity contribution < 1.29 is 49.3 Å². The predicted molar refractivity (Wildman–Crippen MR) is 291 cm³/mol. The van der Waals surface area contributed by atoms with Crippen molar-refractivity contribution in [1.29, 1.82) is 0 Å². The molecule has 0 amide bonds. The highest BCUT2D eigenvalue weighted by atomic mass is 28.3. The van der Waals surface area contributed by atoms with Gasteiger partial charge in [-0.3, -0.25) is 4.57 Å². The van der Waals surface area contributed by atoms with E-state index in [-0.39, 0.29) is 11.3 Å². The number of para-hydroxylation sites is 8. The zero-order chi connectivity index (χ0) is 77.2. The molecule has 0 N–H and O–H groups in total. The molecule has 0 saturated heterocycles. The maximum Gasteiger partial charge on any atom is 0.238 e.